The van der Waals surface area contributed by atoms with Crippen molar-refractivity contribution in [2.24, 2.45) is 0 Å². The second-order valence-electron chi connectivity index (χ2n) is 12.5. The molecule has 0 saturated heterocycles. The van der Waals surface area contributed by atoms with Gasteiger partial charge in [-0.25, -0.2) is 27.5 Å². The second-order valence-corrected chi connectivity index (χ2v) is 14.6. The number of halogens is 4. The van der Waals surface area contributed by atoms with Gasteiger partial charge in [-0.1, -0.05) is 0 Å². The number of aromatic nitrogens is 2. The first kappa shape index (κ1) is 29.7. The van der Waals surface area contributed by atoms with E-state index in [1.165, 1.54) is 59.1 Å². The predicted octanol–water partition coefficient (Wildman–Crippen LogP) is 8.69. The van der Waals surface area contributed by atoms with Gasteiger partial charge < -0.3 is 0 Å². The summed E-state index contributed by atoms with van der Waals surface area (Å²) < 4.78 is 55.4. The number of Topliss-reactive ketones (excluding diaryl/α,β-unsaturated/α-hetero) is 4. The summed E-state index contributed by atoms with van der Waals surface area (Å²) in [7, 11) is 0. The highest BCUT2D eigenvalue weighted by Crippen LogP contribution is 2.53. The molecule has 12 heteroatoms. The van der Waals surface area contributed by atoms with Crippen LogP contribution in [-0.2, 0) is 5.41 Å². The lowest BCUT2D eigenvalue weighted by atomic mass is 9.90. The Hall–Kier alpha value is -5.46. The Bertz CT molecular complexity index is 2410. The van der Waals surface area contributed by atoms with Gasteiger partial charge in [0.15, 0.2) is 46.4 Å². The van der Waals surface area contributed by atoms with Gasteiger partial charge in [0.2, 0.25) is 0 Å². The van der Waals surface area contributed by atoms with E-state index in [1.54, 1.807) is 0 Å². The van der Waals surface area contributed by atoms with E-state index < -0.39 is 51.8 Å². The molecular weight excluding hydrogens is 677 g/mol. The molecule has 0 unspecified atom stereocenters. The van der Waals surface area contributed by atoms with Gasteiger partial charge in [-0.05, 0) is 96.1 Å². The Labute approximate surface area is 281 Å². The zero-order valence-electron chi connectivity index (χ0n) is 25.1. The fourth-order valence-electron chi connectivity index (χ4n) is 6.70. The van der Waals surface area contributed by atoms with Crippen molar-refractivity contribution in [2.45, 2.75) is 19.3 Å². The molecule has 6 aromatic rings. The third-order valence-corrected chi connectivity index (χ3v) is 11.4. The number of fused-ring (bicyclic) bond motifs is 7. The minimum atomic E-state index is -1.06. The van der Waals surface area contributed by atoms with E-state index in [4.69, 9.17) is 9.97 Å². The van der Waals surface area contributed by atoms with Gasteiger partial charge in [0.05, 0.1) is 37.7 Å². The molecule has 2 heterocycles. The first-order valence-corrected chi connectivity index (χ1v) is 16.4. The molecule has 0 spiro atoms. The van der Waals surface area contributed by atoms with Crippen LogP contribution < -0.4 is 0 Å². The zero-order chi connectivity index (χ0) is 34.3. The Balaban J connectivity index is 1.06. The van der Waals surface area contributed by atoms with Crippen molar-refractivity contribution in [1.82, 2.24) is 9.97 Å². The van der Waals surface area contributed by atoms with E-state index in [0.717, 1.165) is 34.0 Å². The molecule has 2 aromatic heterocycles. The van der Waals surface area contributed by atoms with Crippen molar-refractivity contribution in [3.05, 3.63) is 127 Å². The highest BCUT2D eigenvalue weighted by Gasteiger charge is 2.43. The van der Waals surface area contributed by atoms with Crippen LogP contribution in [0.4, 0.5) is 17.6 Å². The van der Waals surface area contributed by atoms with Crippen LogP contribution in [-0.4, -0.2) is 33.1 Å². The molecule has 238 valence electrons. The van der Waals surface area contributed by atoms with E-state index in [9.17, 15) is 36.7 Å². The molecule has 4 aromatic carbocycles. The van der Waals surface area contributed by atoms with Crippen molar-refractivity contribution in [1.29, 1.82) is 0 Å². The third-order valence-electron chi connectivity index (χ3n) is 9.20. The smallest absolute Gasteiger partial charge is 0.197 e. The van der Waals surface area contributed by atoms with Gasteiger partial charge in [0.1, 0.15) is 10.0 Å². The lowest BCUT2D eigenvalue weighted by molar-refractivity contribution is 0.0975. The Kier molecular flexibility index (Phi) is 5.93. The van der Waals surface area contributed by atoms with Crippen LogP contribution in [0.3, 0.4) is 0 Å². The second kappa shape index (κ2) is 9.80. The molecule has 3 aliphatic rings. The van der Waals surface area contributed by atoms with E-state index in [-0.39, 0.29) is 33.4 Å². The largest absolute Gasteiger partial charge is 0.288 e. The minimum absolute atomic E-state index is 0.104. The monoisotopic (exact) mass is 692 g/mol. The maximum atomic E-state index is 13.8. The fraction of sp³-hybridized carbons (Fsp3) is 0.0811. The van der Waals surface area contributed by atoms with E-state index >= 15 is 0 Å². The van der Waals surface area contributed by atoms with Gasteiger partial charge in [0.25, 0.3) is 0 Å². The molecule has 0 bridgehead atoms. The molecule has 9 rings (SSSR count). The number of ketones is 4. The van der Waals surface area contributed by atoms with Crippen LogP contribution in [0, 0.1) is 23.3 Å². The lowest BCUT2D eigenvalue weighted by Gasteiger charge is -2.16. The summed E-state index contributed by atoms with van der Waals surface area (Å²) in [4.78, 5) is 64.3. The SMILES string of the molecule is CC1(C)c2nc(C=C3C(=O)c4cc5cc(F)c(F)cc5cc4C3=O)sc2-c2sc(C=C3C(=O)c4cc5cc(F)c(F)cc5cc4C3=O)nc21. The van der Waals surface area contributed by atoms with Gasteiger partial charge in [-0.2, -0.15) is 0 Å². The molecule has 0 amide bonds. The topological polar surface area (TPSA) is 94.1 Å². The minimum Gasteiger partial charge on any atom is -0.288 e. The zero-order valence-corrected chi connectivity index (χ0v) is 26.8. The summed E-state index contributed by atoms with van der Waals surface area (Å²) in [5.41, 5.74) is 0.887. The average Bonchev–Trinajstić information content (AvgIpc) is 3.82. The van der Waals surface area contributed by atoms with Crippen LogP contribution in [0.2, 0.25) is 0 Å². The molecular formula is C37H16F4N2O4S2. The number of carbonyl (C=O) groups is 4. The summed E-state index contributed by atoms with van der Waals surface area (Å²) in [6, 6.07) is 9.49. The Morgan fingerprint density at radius 2 is 0.796 bits per heavy atom. The highest BCUT2D eigenvalue weighted by atomic mass is 32.1. The number of hydrogen-bond acceptors (Lipinski definition) is 8. The predicted molar refractivity (Wildman–Crippen MR) is 176 cm³/mol. The van der Waals surface area contributed by atoms with Crippen molar-refractivity contribution < 1.29 is 36.7 Å². The molecule has 3 aliphatic carbocycles. The van der Waals surface area contributed by atoms with Gasteiger partial charge >= 0.3 is 0 Å². The van der Waals surface area contributed by atoms with Crippen LogP contribution in [0.1, 0.15) is 76.7 Å². The van der Waals surface area contributed by atoms with E-state index in [0.29, 0.717) is 42.9 Å². The molecule has 0 atom stereocenters. The van der Waals surface area contributed by atoms with Gasteiger partial charge in [0, 0.05) is 22.3 Å². The standard InChI is InChI=1S/C37H16F4N2O4S2/c1-37(2)35-33(48-27(42-35)11-21-29(44)17-3-13-7-23(38)24(39)8-14(13)4-18(17)30(21)45)34-36(37)43-28(49-34)12-22-31(46)19-5-15-9-25(40)26(41)10-16(15)6-20(19)32(22)47/h3-12H,1-2H3. The van der Waals surface area contributed by atoms with Crippen LogP contribution in [0.5, 0.6) is 0 Å². The number of carbonyl (C=O) groups excluding carboxylic acids is 4. The molecule has 6 nitrogen and oxygen atoms in total. The number of rotatable bonds is 2. The van der Waals surface area contributed by atoms with E-state index in [1.807, 2.05) is 13.8 Å². The molecule has 0 aliphatic heterocycles. The van der Waals surface area contributed by atoms with Gasteiger partial charge in [-0.3, -0.25) is 19.2 Å². The molecule has 49 heavy (non-hydrogen) atoms. The van der Waals surface area contributed by atoms with Crippen molar-refractivity contribution in [2.75, 3.05) is 0 Å². The van der Waals surface area contributed by atoms with Crippen molar-refractivity contribution >= 4 is 79.5 Å². The maximum absolute atomic E-state index is 13.8. The Morgan fingerprint density at radius 1 is 0.510 bits per heavy atom. The van der Waals surface area contributed by atoms with E-state index in [2.05, 4.69) is 0 Å². The third kappa shape index (κ3) is 4.10. The van der Waals surface area contributed by atoms with Crippen LogP contribution in [0.15, 0.2) is 59.7 Å². The number of allylic oxidation sites excluding steroid dienone is 2. The Morgan fingerprint density at radius 3 is 1.08 bits per heavy atom. The summed E-state index contributed by atoms with van der Waals surface area (Å²) in [5.74, 6) is -6.38. The quantitative estimate of drug-likeness (QED) is 0.102. The maximum Gasteiger partial charge on any atom is 0.197 e. The fourth-order valence-corrected chi connectivity index (χ4v) is 9.17. The first-order chi connectivity index (χ1) is 23.3. The van der Waals surface area contributed by atoms with Crippen LogP contribution in [0.25, 0.3) is 43.5 Å². The van der Waals surface area contributed by atoms with Crippen LogP contribution >= 0.6 is 22.7 Å². The molecule has 0 saturated carbocycles. The first-order valence-electron chi connectivity index (χ1n) is 14.8. The normalized spacial score (nSPS) is 15.8. The summed E-state index contributed by atoms with van der Waals surface area (Å²) >= 11 is 2.51. The number of benzene rings is 4. The summed E-state index contributed by atoms with van der Waals surface area (Å²) in [6.45, 7) is 3.84. The summed E-state index contributed by atoms with van der Waals surface area (Å²) in [5, 5.41) is 1.98. The number of hydrogen-bond donors (Lipinski definition) is 0. The van der Waals surface area contributed by atoms with Crippen molar-refractivity contribution in [3.63, 3.8) is 0 Å². The summed E-state index contributed by atoms with van der Waals surface area (Å²) in [6.07, 6.45) is 2.85. The lowest BCUT2D eigenvalue weighted by Crippen LogP contribution is -2.17. The van der Waals surface area contributed by atoms with Crippen molar-refractivity contribution in [3.8, 4) is 9.75 Å². The van der Waals surface area contributed by atoms with Gasteiger partial charge in [-0.15, -0.1) is 22.7 Å². The molecule has 0 N–H and O–H groups in total. The highest BCUT2D eigenvalue weighted by molar-refractivity contribution is 7.23. The number of thiazole rings is 2. The average molecular weight is 693 g/mol. The number of nitrogens with zero attached hydrogens (tertiary/aromatic N) is 2. The molecule has 0 fully saturated rings. The molecule has 0 radical (unpaired) electrons.